The molecule has 27 heavy (non-hydrogen) atoms. The van der Waals surface area contributed by atoms with Crippen LogP contribution < -0.4 is 4.72 Å². The van der Waals surface area contributed by atoms with E-state index in [4.69, 9.17) is 0 Å². The molecule has 5 nitrogen and oxygen atoms in total. The lowest BCUT2D eigenvalue weighted by Gasteiger charge is -2.12. The largest absolute Gasteiger partial charge is 0.346 e. The van der Waals surface area contributed by atoms with Crippen molar-refractivity contribution in [2.45, 2.75) is 11.4 Å². The maximum atomic E-state index is 12.9. The van der Waals surface area contributed by atoms with Crippen LogP contribution in [-0.4, -0.2) is 38.5 Å². The van der Waals surface area contributed by atoms with E-state index in [1.807, 2.05) is 68.8 Å². The summed E-state index contributed by atoms with van der Waals surface area (Å²) in [4.78, 5) is 2.46. The van der Waals surface area contributed by atoms with E-state index in [1.54, 1.807) is 5.38 Å². The smallest absolute Gasteiger partial charge is 0.263 e. The minimum atomic E-state index is -3.63. The Kier molecular flexibility index (Phi) is 4.67. The zero-order valence-corrected chi connectivity index (χ0v) is 16.8. The van der Waals surface area contributed by atoms with Gasteiger partial charge in [0.25, 0.3) is 10.0 Å². The third-order valence-electron chi connectivity index (χ3n) is 4.55. The molecule has 7 heteroatoms. The fourth-order valence-corrected chi connectivity index (χ4v) is 5.69. The van der Waals surface area contributed by atoms with E-state index >= 15 is 0 Å². The van der Waals surface area contributed by atoms with E-state index in [1.165, 1.54) is 11.3 Å². The highest BCUT2D eigenvalue weighted by molar-refractivity contribution is 7.93. The van der Waals surface area contributed by atoms with Crippen molar-refractivity contribution in [2.75, 3.05) is 25.4 Å². The molecule has 0 aliphatic carbocycles. The summed E-state index contributed by atoms with van der Waals surface area (Å²) in [5.74, 6) is 0. The van der Waals surface area contributed by atoms with Crippen LogP contribution in [0.3, 0.4) is 0 Å². The van der Waals surface area contributed by atoms with Gasteiger partial charge in [0.1, 0.15) is 4.90 Å². The summed E-state index contributed by atoms with van der Waals surface area (Å²) in [7, 11) is 0.464. The van der Waals surface area contributed by atoms with Crippen LogP contribution in [0, 0.1) is 0 Å². The highest BCUT2D eigenvalue weighted by Gasteiger charge is 2.19. The van der Waals surface area contributed by atoms with Crippen molar-refractivity contribution < 1.29 is 8.42 Å². The highest BCUT2D eigenvalue weighted by Crippen LogP contribution is 2.31. The number of nitrogens with one attached hydrogen (secondary N) is 1. The number of hydrogen-bond acceptors (Lipinski definition) is 4. The molecule has 2 heterocycles. The van der Waals surface area contributed by atoms with Gasteiger partial charge in [-0.15, -0.1) is 11.3 Å². The van der Waals surface area contributed by atoms with Crippen LogP contribution in [0.2, 0.25) is 0 Å². The average Bonchev–Trinajstić information content (AvgIpc) is 3.23. The number of likely N-dealkylation sites (N-methyl/N-ethyl adjacent to an activating group) is 1. The van der Waals surface area contributed by atoms with Crippen LogP contribution in [0.15, 0.2) is 65.0 Å². The number of aromatic nitrogens is 1. The SMILES string of the molecule is CN(C)CCn1ccc2cc(NS(=O)(=O)c3csc4ccccc34)ccc21. The van der Waals surface area contributed by atoms with Gasteiger partial charge in [0.2, 0.25) is 0 Å². The lowest BCUT2D eigenvalue weighted by Crippen LogP contribution is -2.17. The lowest BCUT2D eigenvalue weighted by atomic mass is 10.2. The van der Waals surface area contributed by atoms with Crippen LogP contribution in [0.5, 0.6) is 0 Å². The molecule has 0 amide bonds. The van der Waals surface area contributed by atoms with Crippen LogP contribution in [0.25, 0.3) is 21.0 Å². The van der Waals surface area contributed by atoms with E-state index < -0.39 is 10.0 Å². The topological polar surface area (TPSA) is 54.3 Å². The molecule has 0 atom stereocenters. The van der Waals surface area contributed by atoms with Crippen molar-refractivity contribution in [1.29, 1.82) is 0 Å². The molecule has 2 aromatic heterocycles. The first-order valence-electron chi connectivity index (χ1n) is 8.67. The average molecular weight is 400 g/mol. The maximum absolute atomic E-state index is 12.9. The zero-order chi connectivity index (χ0) is 19.0. The molecule has 4 aromatic rings. The second-order valence-electron chi connectivity index (χ2n) is 6.79. The van der Waals surface area contributed by atoms with Gasteiger partial charge in [-0.3, -0.25) is 4.72 Å². The summed E-state index contributed by atoms with van der Waals surface area (Å²) in [5.41, 5.74) is 1.67. The number of thiophene rings is 1. The van der Waals surface area contributed by atoms with Gasteiger partial charge in [0, 0.05) is 51.3 Å². The van der Waals surface area contributed by atoms with E-state index in [2.05, 4.69) is 14.2 Å². The van der Waals surface area contributed by atoms with Crippen LogP contribution in [0.4, 0.5) is 5.69 Å². The quantitative estimate of drug-likeness (QED) is 0.528. The van der Waals surface area contributed by atoms with Crippen molar-refractivity contribution in [3.63, 3.8) is 0 Å². The molecule has 0 aliphatic heterocycles. The van der Waals surface area contributed by atoms with Gasteiger partial charge in [-0.2, -0.15) is 0 Å². The molecule has 0 aliphatic rings. The van der Waals surface area contributed by atoms with Gasteiger partial charge < -0.3 is 9.47 Å². The molecule has 0 fully saturated rings. The van der Waals surface area contributed by atoms with Gasteiger partial charge in [-0.05, 0) is 44.4 Å². The van der Waals surface area contributed by atoms with Crippen LogP contribution in [-0.2, 0) is 16.6 Å². The molecule has 4 rings (SSSR count). The molecular formula is C20H21N3O2S2. The van der Waals surface area contributed by atoms with E-state index in [0.717, 1.165) is 34.1 Å². The Morgan fingerprint density at radius 3 is 2.74 bits per heavy atom. The first kappa shape index (κ1) is 18.0. The number of hydrogen-bond donors (Lipinski definition) is 1. The zero-order valence-electron chi connectivity index (χ0n) is 15.2. The third kappa shape index (κ3) is 3.58. The fraction of sp³-hybridized carbons (Fsp3) is 0.200. The molecule has 0 saturated carbocycles. The van der Waals surface area contributed by atoms with Gasteiger partial charge in [-0.1, -0.05) is 18.2 Å². The third-order valence-corrected chi connectivity index (χ3v) is 7.08. The van der Waals surface area contributed by atoms with Gasteiger partial charge >= 0.3 is 0 Å². The number of rotatable bonds is 6. The first-order valence-corrected chi connectivity index (χ1v) is 11.0. The standard InChI is InChI=1S/C20H21N3O2S2/c1-22(2)11-12-23-10-9-15-13-16(7-8-18(15)23)21-27(24,25)20-14-26-19-6-4-3-5-17(19)20/h3-10,13-14,21H,11-12H2,1-2H3. The molecule has 0 radical (unpaired) electrons. The van der Waals surface area contributed by atoms with Crippen molar-refractivity contribution in [2.24, 2.45) is 0 Å². The summed E-state index contributed by atoms with van der Waals surface area (Å²) in [6, 6.07) is 15.2. The van der Waals surface area contributed by atoms with Crippen molar-refractivity contribution in [3.8, 4) is 0 Å². The fourth-order valence-electron chi connectivity index (χ4n) is 3.14. The summed E-state index contributed by atoms with van der Waals surface area (Å²) in [6.45, 7) is 1.84. The minimum Gasteiger partial charge on any atom is -0.346 e. The Labute approximate surface area is 162 Å². The summed E-state index contributed by atoms with van der Waals surface area (Å²) in [5, 5.41) is 3.47. The summed E-state index contributed by atoms with van der Waals surface area (Å²) < 4.78 is 31.6. The van der Waals surface area contributed by atoms with Crippen molar-refractivity contribution in [1.82, 2.24) is 9.47 Å². The lowest BCUT2D eigenvalue weighted by molar-refractivity contribution is 0.387. The van der Waals surface area contributed by atoms with Crippen molar-refractivity contribution in [3.05, 3.63) is 60.1 Å². The molecule has 2 aromatic carbocycles. The Bertz CT molecular complexity index is 1210. The molecule has 140 valence electrons. The predicted octanol–water partition coefficient (Wildman–Crippen LogP) is 4.22. The Balaban J connectivity index is 1.63. The molecule has 0 bridgehead atoms. The molecule has 1 N–H and O–H groups in total. The summed E-state index contributed by atoms with van der Waals surface area (Å²) in [6.07, 6.45) is 2.04. The number of anilines is 1. The second kappa shape index (κ2) is 6.99. The Morgan fingerprint density at radius 2 is 1.93 bits per heavy atom. The normalized spacial score (nSPS) is 12.3. The number of sulfonamides is 1. The number of nitrogens with zero attached hydrogens (tertiary/aromatic N) is 2. The van der Waals surface area contributed by atoms with Gasteiger partial charge in [0.15, 0.2) is 0 Å². The summed E-state index contributed by atoms with van der Waals surface area (Å²) >= 11 is 1.44. The van der Waals surface area contributed by atoms with E-state index in [-0.39, 0.29) is 0 Å². The second-order valence-corrected chi connectivity index (χ2v) is 9.35. The van der Waals surface area contributed by atoms with Crippen LogP contribution in [0.1, 0.15) is 0 Å². The van der Waals surface area contributed by atoms with Gasteiger partial charge in [-0.25, -0.2) is 8.42 Å². The number of fused-ring (bicyclic) bond motifs is 2. The molecule has 0 unspecified atom stereocenters. The molecular weight excluding hydrogens is 378 g/mol. The first-order chi connectivity index (χ1) is 12.9. The van der Waals surface area contributed by atoms with Crippen LogP contribution >= 0.6 is 11.3 Å². The van der Waals surface area contributed by atoms with E-state index in [0.29, 0.717) is 10.6 Å². The molecule has 0 spiro atoms. The monoisotopic (exact) mass is 399 g/mol. The Morgan fingerprint density at radius 1 is 1.11 bits per heavy atom. The highest BCUT2D eigenvalue weighted by atomic mass is 32.2. The predicted molar refractivity (Wildman–Crippen MR) is 113 cm³/mol. The number of benzene rings is 2. The van der Waals surface area contributed by atoms with E-state index in [9.17, 15) is 8.42 Å². The van der Waals surface area contributed by atoms with Crippen molar-refractivity contribution >= 4 is 48.0 Å². The molecule has 0 saturated heterocycles. The minimum absolute atomic E-state index is 0.326. The maximum Gasteiger partial charge on any atom is 0.263 e. The van der Waals surface area contributed by atoms with Gasteiger partial charge in [0.05, 0.1) is 0 Å². The Hall–Kier alpha value is -2.35.